The van der Waals surface area contributed by atoms with E-state index < -0.39 is 5.60 Å². The maximum atomic E-state index is 11.9. The van der Waals surface area contributed by atoms with Gasteiger partial charge in [-0.15, -0.1) is 0 Å². The average molecular weight is 318 g/mol. The molecule has 0 radical (unpaired) electrons. The van der Waals surface area contributed by atoms with Gasteiger partial charge in [-0.3, -0.25) is 0 Å². The van der Waals surface area contributed by atoms with E-state index in [4.69, 9.17) is 4.74 Å². The smallest absolute Gasteiger partial charge is 0.333 e. The fraction of sp³-hybridized carbons (Fsp3) is 0.450. The van der Waals surface area contributed by atoms with E-state index in [-0.39, 0.29) is 12.1 Å². The molecule has 0 fully saturated rings. The van der Waals surface area contributed by atoms with Crippen molar-refractivity contribution >= 4 is 5.97 Å². The van der Waals surface area contributed by atoms with E-state index >= 15 is 0 Å². The van der Waals surface area contributed by atoms with E-state index in [0.717, 1.165) is 11.1 Å². The second kappa shape index (κ2) is 10.0. The number of aliphatic hydroxyl groups is 1. The Kier molecular flexibility index (Phi) is 9.19. The van der Waals surface area contributed by atoms with Gasteiger partial charge < -0.3 is 9.84 Å². The summed E-state index contributed by atoms with van der Waals surface area (Å²) in [6.07, 6.45) is 10.8. The number of ether oxygens (including phenoxy) is 1. The number of allylic oxidation sites excluding steroid dienone is 4. The molecule has 0 aliphatic rings. The minimum atomic E-state index is -1.02. The Morgan fingerprint density at radius 2 is 1.91 bits per heavy atom. The van der Waals surface area contributed by atoms with Crippen molar-refractivity contribution in [2.75, 3.05) is 0 Å². The Labute approximate surface area is 140 Å². The lowest BCUT2D eigenvalue weighted by Gasteiger charge is -2.16. The Morgan fingerprint density at radius 1 is 1.30 bits per heavy atom. The fourth-order valence-electron chi connectivity index (χ4n) is 1.72. The molecule has 0 saturated heterocycles. The van der Waals surface area contributed by atoms with E-state index in [0.29, 0.717) is 12.0 Å². The highest BCUT2D eigenvalue weighted by Gasteiger charge is 2.14. The zero-order chi connectivity index (χ0) is 18.0. The third-order valence-corrected chi connectivity index (χ3v) is 3.28. The molecule has 2 unspecified atom stereocenters. The van der Waals surface area contributed by atoms with Crippen molar-refractivity contribution in [2.24, 2.45) is 0 Å². The highest BCUT2D eigenvalue weighted by Crippen LogP contribution is 2.14. The standard InChI is InChI=1S/C20H30O3/c1-8-17(6)19(21)23-18(13-15(3)4)14-16(5)11-10-12-20(7,22)9-2/h8-13,18,22H,2,14H2,1,3-7H3/b12-10+,16-11+,17-8-. The number of hydrogen-bond donors (Lipinski definition) is 1. The molecule has 128 valence electrons. The van der Waals surface area contributed by atoms with Gasteiger partial charge in [-0.1, -0.05) is 42.0 Å². The number of esters is 1. The van der Waals surface area contributed by atoms with E-state index in [9.17, 15) is 9.90 Å². The van der Waals surface area contributed by atoms with Crippen LogP contribution in [0.4, 0.5) is 0 Å². The molecule has 0 heterocycles. The third-order valence-electron chi connectivity index (χ3n) is 3.28. The van der Waals surface area contributed by atoms with Crippen molar-refractivity contribution in [1.29, 1.82) is 0 Å². The number of carbonyl (C=O) groups is 1. The van der Waals surface area contributed by atoms with Crippen LogP contribution in [0.5, 0.6) is 0 Å². The first-order valence-corrected chi connectivity index (χ1v) is 7.81. The molecule has 0 aromatic rings. The molecule has 1 N–H and O–H groups in total. The Balaban J connectivity index is 5.00. The van der Waals surface area contributed by atoms with Gasteiger partial charge in [0, 0.05) is 12.0 Å². The van der Waals surface area contributed by atoms with Gasteiger partial charge in [-0.05, 0) is 53.7 Å². The van der Waals surface area contributed by atoms with Crippen molar-refractivity contribution < 1.29 is 14.6 Å². The quantitative estimate of drug-likeness (QED) is 0.306. The van der Waals surface area contributed by atoms with Gasteiger partial charge in [0.2, 0.25) is 0 Å². The normalized spacial score (nSPS) is 16.7. The molecule has 2 atom stereocenters. The Bertz CT molecular complexity index is 527. The number of rotatable bonds is 8. The summed E-state index contributed by atoms with van der Waals surface area (Å²) in [5, 5.41) is 9.82. The van der Waals surface area contributed by atoms with Gasteiger partial charge in [-0.25, -0.2) is 4.79 Å². The Hall–Kier alpha value is -1.87. The van der Waals surface area contributed by atoms with Crippen LogP contribution in [0.2, 0.25) is 0 Å². The summed E-state index contributed by atoms with van der Waals surface area (Å²) in [6, 6.07) is 0. The second-order valence-electron chi connectivity index (χ2n) is 6.17. The highest BCUT2D eigenvalue weighted by molar-refractivity contribution is 5.87. The average Bonchev–Trinajstić information content (AvgIpc) is 2.45. The first kappa shape index (κ1) is 21.1. The SMILES string of the molecule is C=CC(C)(O)/C=C/C=C(\C)CC(C=C(C)C)OC(=O)/C(C)=C\C. The van der Waals surface area contributed by atoms with Crippen LogP contribution in [0, 0.1) is 0 Å². The molecular formula is C20H30O3. The predicted octanol–water partition coefficient (Wildman–Crippen LogP) is 4.66. The van der Waals surface area contributed by atoms with Gasteiger partial charge in [0.25, 0.3) is 0 Å². The third kappa shape index (κ3) is 9.69. The van der Waals surface area contributed by atoms with Crippen LogP contribution in [0.3, 0.4) is 0 Å². The molecule has 3 nitrogen and oxygen atoms in total. The lowest BCUT2D eigenvalue weighted by atomic mass is 10.0. The lowest BCUT2D eigenvalue weighted by molar-refractivity contribution is -0.142. The van der Waals surface area contributed by atoms with Crippen LogP contribution in [-0.4, -0.2) is 22.8 Å². The monoisotopic (exact) mass is 318 g/mol. The zero-order valence-electron chi connectivity index (χ0n) is 15.2. The summed E-state index contributed by atoms with van der Waals surface area (Å²) in [5.74, 6) is -0.298. The minimum absolute atomic E-state index is 0.298. The minimum Gasteiger partial charge on any atom is -0.454 e. The zero-order valence-corrected chi connectivity index (χ0v) is 15.2. The summed E-state index contributed by atoms with van der Waals surface area (Å²) in [6.45, 7) is 14.7. The van der Waals surface area contributed by atoms with Crippen LogP contribution in [0.25, 0.3) is 0 Å². The molecule has 23 heavy (non-hydrogen) atoms. The first-order valence-electron chi connectivity index (χ1n) is 7.81. The second-order valence-corrected chi connectivity index (χ2v) is 6.17. The van der Waals surface area contributed by atoms with Gasteiger partial charge in [-0.2, -0.15) is 0 Å². The maximum Gasteiger partial charge on any atom is 0.333 e. The van der Waals surface area contributed by atoms with Crippen LogP contribution in [0.1, 0.15) is 48.0 Å². The van der Waals surface area contributed by atoms with Crippen molar-refractivity contribution in [3.05, 3.63) is 59.8 Å². The largest absolute Gasteiger partial charge is 0.454 e. The van der Waals surface area contributed by atoms with E-state index in [1.54, 1.807) is 32.1 Å². The number of carbonyl (C=O) groups excluding carboxylic acids is 1. The fourth-order valence-corrected chi connectivity index (χ4v) is 1.72. The number of hydrogen-bond acceptors (Lipinski definition) is 3. The maximum absolute atomic E-state index is 11.9. The van der Waals surface area contributed by atoms with Crippen LogP contribution < -0.4 is 0 Å². The van der Waals surface area contributed by atoms with Crippen LogP contribution in [-0.2, 0) is 9.53 Å². The summed E-state index contributed by atoms with van der Waals surface area (Å²) in [4.78, 5) is 11.9. The van der Waals surface area contributed by atoms with Gasteiger partial charge in [0.1, 0.15) is 6.10 Å². The molecule has 0 aliphatic heterocycles. The molecule has 0 amide bonds. The van der Waals surface area contributed by atoms with E-state index in [1.807, 2.05) is 39.8 Å². The molecule has 0 rings (SSSR count). The van der Waals surface area contributed by atoms with Crippen molar-refractivity contribution in [2.45, 2.75) is 59.7 Å². The first-order chi connectivity index (χ1) is 10.6. The highest BCUT2D eigenvalue weighted by atomic mass is 16.5. The lowest BCUT2D eigenvalue weighted by Crippen LogP contribution is -2.17. The molecule has 0 saturated carbocycles. The molecule has 0 aromatic carbocycles. The van der Waals surface area contributed by atoms with E-state index in [2.05, 4.69) is 6.58 Å². The topological polar surface area (TPSA) is 46.5 Å². The van der Waals surface area contributed by atoms with Crippen LogP contribution in [0.15, 0.2) is 59.8 Å². The molecular weight excluding hydrogens is 288 g/mol. The van der Waals surface area contributed by atoms with Crippen LogP contribution >= 0.6 is 0 Å². The Morgan fingerprint density at radius 3 is 2.39 bits per heavy atom. The van der Waals surface area contributed by atoms with Crippen molar-refractivity contribution in [1.82, 2.24) is 0 Å². The molecule has 0 bridgehead atoms. The molecule has 0 aromatic heterocycles. The predicted molar refractivity (Wildman–Crippen MR) is 97.1 cm³/mol. The molecule has 0 spiro atoms. The summed E-state index contributed by atoms with van der Waals surface area (Å²) in [7, 11) is 0. The van der Waals surface area contributed by atoms with Gasteiger partial charge in [0.15, 0.2) is 0 Å². The van der Waals surface area contributed by atoms with Gasteiger partial charge in [0.05, 0.1) is 5.60 Å². The molecule has 0 aliphatic carbocycles. The van der Waals surface area contributed by atoms with E-state index in [1.165, 1.54) is 6.08 Å². The van der Waals surface area contributed by atoms with Gasteiger partial charge >= 0.3 is 5.97 Å². The van der Waals surface area contributed by atoms with Crippen molar-refractivity contribution in [3.63, 3.8) is 0 Å². The molecule has 3 heteroatoms. The summed E-state index contributed by atoms with van der Waals surface area (Å²) in [5.41, 5.74) is 1.72. The van der Waals surface area contributed by atoms with Crippen molar-refractivity contribution in [3.8, 4) is 0 Å². The summed E-state index contributed by atoms with van der Waals surface area (Å²) < 4.78 is 5.54. The summed E-state index contributed by atoms with van der Waals surface area (Å²) >= 11 is 0.